The second-order valence-corrected chi connectivity index (χ2v) is 4.41. The highest BCUT2D eigenvalue weighted by atomic mass is 35.5. The molecule has 0 spiro atoms. The van der Waals surface area contributed by atoms with E-state index in [0.717, 1.165) is 11.6 Å². The standard InChI is InChI=1S/C10H16ClN3/c1-7-4-2-3-5-8(7)10-12-9(6-11)13-14-10/h7-8H,2-6H2,1H3,(H,12,13,14). The maximum absolute atomic E-state index is 5.68. The third-order valence-electron chi connectivity index (χ3n) is 3.12. The highest BCUT2D eigenvalue weighted by molar-refractivity contribution is 6.16. The Kier molecular flexibility index (Phi) is 3.06. The van der Waals surface area contributed by atoms with Crippen LogP contribution < -0.4 is 0 Å². The average molecular weight is 214 g/mol. The van der Waals surface area contributed by atoms with E-state index in [2.05, 4.69) is 22.1 Å². The summed E-state index contributed by atoms with van der Waals surface area (Å²) in [6.45, 7) is 2.29. The number of aromatic nitrogens is 3. The summed E-state index contributed by atoms with van der Waals surface area (Å²) >= 11 is 5.68. The lowest BCUT2D eigenvalue weighted by Crippen LogP contribution is -2.16. The van der Waals surface area contributed by atoms with Gasteiger partial charge in [-0.05, 0) is 12.3 Å². The van der Waals surface area contributed by atoms with Crippen LogP contribution in [-0.4, -0.2) is 15.2 Å². The van der Waals surface area contributed by atoms with Gasteiger partial charge in [-0.25, -0.2) is 4.98 Å². The van der Waals surface area contributed by atoms with Gasteiger partial charge in [0.1, 0.15) is 5.82 Å². The number of nitrogens with one attached hydrogen (secondary N) is 1. The van der Waals surface area contributed by atoms with Crippen molar-refractivity contribution in [2.45, 2.75) is 44.4 Å². The largest absolute Gasteiger partial charge is 0.262 e. The average Bonchev–Trinajstić information content (AvgIpc) is 2.67. The first-order valence-corrected chi connectivity index (χ1v) is 5.82. The van der Waals surface area contributed by atoms with E-state index in [1.807, 2.05) is 0 Å². The molecule has 1 aliphatic rings. The van der Waals surface area contributed by atoms with E-state index in [9.17, 15) is 0 Å². The second-order valence-electron chi connectivity index (χ2n) is 4.14. The number of hydrogen-bond acceptors (Lipinski definition) is 2. The van der Waals surface area contributed by atoms with E-state index in [4.69, 9.17) is 11.6 Å². The zero-order valence-corrected chi connectivity index (χ0v) is 9.22. The summed E-state index contributed by atoms with van der Waals surface area (Å²) < 4.78 is 0. The Hall–Kier alpha value is -0.570. The number of hydrogen-bond donors (Lipinski definition) is 1. The van der Waals surface area contributed by atoms with Crippen LogP contribution in [-0.2, 0) is 5.88 Å². The van der Waals surface area contributed by atoms with Crippen LogP contribution >= 0.6 is 11.6 Å². The highest BCUT2D eigenvalue weighted by Gasteiger charge is 2.25. The number of aromatic amines is 1. The normalized spacial score (nSPS) is 27.9. The van der Waals surface area contributed by atoms with Crippen molar-refractivity contribution in [3.63, 3.8) is 0 Å². The van der Waals surface area contributed by atoms with Crippen molar-refractivity contribution in [2.24, 2.45) is 5.92 Å². The third kappa shape index (κ3) is 1.92. The molecule has 0 aliphatic heterocycles. The second kappa shape index (κ2) is 4.30. The number of alkyl halides is 1. The molecule has 2 unspecified atom stereocenters. The maximum Gasteiger partial charge on any atom is 0.154 e. The number of rotatable bonds is 2. The Morgan fingerprint density at radius 3 is 2.86 bits per heavy atom. The van der Waals surface area contributed by atoms with Crippen molar-refractivity contribution >= 4 is 11.6 Å². The molecule has 4 heteroatoms. The molecule has 0 aromatic carbocycles. The van der Waals surface area contributed by atoms with Crippen LogP contribution in [0.2, 0.25) is 0 Å². The first kappa shape index (κ1) is 9.97. The first-order valence-electron chi connectivity index (χ1n) is 5.28. The van der Waals surface area contributed by atoms with Crippen LogP contribution in [0.4, 0.5) is 0 Å². The van der Waals surface area contributed by atoms with Crippen molar-refractivity contribution in [1.29, 1.82) is 0 Å². The predicted octanol–water partition coefficient (Wildman–Crippen LogP) is 2.84. The molecule has 0 saturated heterocycles. The molecule has 1 fully saturated rings. The minimum atomic E-state index is 0.425. The molecular formula is C10H16ClN3. The Bertz CT molecular complexity index is 297. The summed E-state index contributed by atoms with van der Waals surface area (Å²) in [5, 5.41) is 7.12. The topological polar surface area (TPSA) is 41.6 Å². The zero-order chi connectivity index (χ0) is 9.97. The fraction of sp³-hybridized carbons (Fsp3) is 0.800. The van der Waals surface area contributed by atoms with E-state index in [1.165, 1.54) is 25.7 Å². The minimum absolute atomic E-state index is 0.425. The zero-order valence-electron chi connectivity index (χ0n) is 8.46. The SMILES string of the molecule is CC1CCCCC1c1n[nH]c(CCl)n1. The smallest absolute Gasteiger partial charge is 0.154 e. The maximum atomic E-state index is 5.68. The highest BCUT2D eigenvalue weighted by Crippen LogP contribution is 2.35. The summed E-state index contributed by atoms with van der Waals surface area (Å²) in [6, 6.07) is 0. The van der Waals surface area contributed by atoms with Gasteiger partial charge in [0.2, 0.25) is 0 Å². The minimum Gasteiger partial charge on any atom is -0.262 e. The molecule has 14 heavy (non-hydrogen) atoms. The van der Waals surface area contributed by atoms with E-state index < -0.39 is 0 Å². The van der Waals surface area contributed by atoms with Crippen LogP contribution in [0.3, 0.4) is 0 Å². The van der Waals surface area contributed by atoms with Crippen LogP contribution in [0, 0.1) is 5.92 Å². The van der Waals surface area contributed by atoms with Gasteiger partial charge in [0.25, 0.3) is 0 Å². The Balaban J connectivity index is 2.12. The summed E-state index contributed by atoms with van der Waals surface area (Å²) in [4.78, 5) is 4.40. The van der Waals surface area contributed by atoms with Gasteiger partial charge in [-0.2, -0.15) is 5.10 Å². The molecule has 2 atom stereocenters. The van der Waals surface area contributed by atoms with E-state index in [1.54, 1.807) is 0 Å². The molecule has 1 aliphatic carbocycles. The molecule has 1 aromatic heterocycles. The van der Waals surface area contributed by atoms with Crippen molar-refractivity contribution in [1.82, 2.24) is 15.2 Å². The molecule has 1 aromatic rings. The van der Waals surface area contributed by atoms with Crippen LogP contribution in [0.15, 0.2) is 0 Å². The van der Waals surface area contributed by atoms with Crippen molar-refractivity contribution in [3.8, 4) is 0 Å². The monoisotopic (exact) mass is 213 g/mol. The fourth-order valence-corrected chi connectivity index (χ4v) is 2.36. The van der Waals surface area contributed by atoms with Crippen LogP contribution in [0.25, 0.3) is 0 Å². The number of halogens is 1. The summed E-state index contributed by atoms with van der Waals surface area (Å²) in [6.07, 6.45) is 5.18. The van der Waals surface area contributed by atoms with Gasteiger partial charge in [-0.3, -0.25) is 5.10 Å². The van der Waals surface area contributed by atoms with E-state index in [-0.39, 0.29) is 0 Å². The lowest BCUT2D eigenvalue weighted by atomic mass is 9.80. The van der Waals surface area contributed by atoms with Gasteiger partial charge < -0.3 is 0 Å². The molecule has 3 nitrogen and oxygen atoms in total. The van der Waals surface area contributed by atoms with Gasteiger partial charge in [0.15, 0.2) is 5.82 Å². The van der Waals surface area contributed by atoms with Gasteiger partial charge in [0.05, 0.1) is 5.88 Å². The molecule has 0 bridgehead atoms. The molecule has 0 radical (unpaired) electrons. The number of nitrogens with zero attached hydrogens (tertiary/aromatic N) is 2. The molecule has 0 amide bonds. The summed E-state index contributed by atoms with van der Waals surface area (Å²) in [5.74, 6) is 3.43. The molecule has 1 N–H and O–H groups in total. The predicted molar refractivity (Wildman–Crippen MR) is 56.3 cm³/mol. The Morgan fingerprint density at radius 2 is 2.21 bits per heavy atom. The lowest BCUT2D eigenvalue weighted by molar-refractivity contribution is 0.320. The summed E-state index contributed by atoms with van der Waals surface area (Å²) in [7, 11) is 0. The van der Waals surface area contributed by atoms with Gasteiger partial charge in [-0.1, -0.05) is 26.2 Å². The van der Waals surface area contributed by atoms with E-state index in [0.29, 0.717) is 17.7 Å². The molecule has 1 saturated carbocycles. The fourth-order valence-electron chi connectivity index (χ4n) is 2.24. The summed E-state index contributed by atoms with van der Waals surface area (Å²) in [5.41, 5.74) is 0. The van der Waals surface area contributed by atoms with E-state index >= 15 is 0 Å². The Morgan fingerprint density at radius 1 is 1.43 bits per heavy atom. The van der Waals surface area contributed by atoms with Crippen molar-refractivity contribution in [3.05, 3.63) is 11.6 Å². The van der Waals surface area contributed by atoms with Gasteiger partial charge in [0, 0.05) is 5.92 Å². The first-order chi connectivity index (χ1) is 6.81. The molecular weight excluding hydrogens is 198 g/mol. The van der Waals surface area contributed by atoms with Gasteiger partial charge in [-0.15, -0.1) is 11.6 Å². The molecule has 2 rings (SSSR count). The Labute approximate surface area is 89.3 Å². The third-order valence-corrected chi connectivity index (χ3v) is 3.37. The lowest BCUT2D eigenvalue weighted by Gasteiger charge is -2.26. The molecule has 78 valence electrons. The van der Waals surface area contributed by atoms with Crippen LogP contribution in [0.1, 0.15) is 50.2 Å². The van der Waals surface area contributed by atoms with Crippen molar-refractivity contribution < 1.29 is 0 Å². The van der Waals surface area contributed by atoms with Crippen molar-refractivity contribution in [2.75, 3.05) is 0 Å². The number of H-pyrrole nitrogens is 1. The van der Waals surface area contributed by atoms with Crippen LogP contribution in [0.5, 0.6) is 0 Å². The quantitative estimate of drug-likeness (QED) is 0.768. The van der Waals surface area contributed by atoms with Gasteiger partial charge >= 0.3 is 0 Å². The molecule has 1 heterocycles.